The summed E-state index contributed by atoms with van der Waals surface area (Å²) in [6, 6.07) is 0. The van der Waals surface area contributed by atoms with Crippen molar-refractivity contribution in [3.8, 4) is 0 Å². The van der Waals surface area contributed by atoms with Crippen LogP contribution in [0.4, 0.5) is 0 Å². The fourth-order valence-electron chi connectivity index (χ4n) is 0.675. The Bertz CT molecular complexity index is 133. The summed E-state index contributed by atoms with van der Waals surface area (Å²) in [5.41, 5.74) is 5.12. The highest BCUT2D eigenvalue weighted by molar-refractivity contribution is 7.57. The van der Waals surface area contributed by atoms with Gasteiger partial charge in [-0.2, -0.15) is 0 Å². The molecule has 4 N–H and O–H groups in total. The second-order valence-corrected chi connectivity index (χ2v) is 4.93. The van der Waals surface area contributed by atoms with Gasteiger partial charge in [-0.25, -0.2) is 0 Å². The van der Waals surface area contributed by atoms with E-state index in [0.717, 1.165) is 0 Å². The molecule has 4 nitrogen and oxygen atoms in total. The molecule has 0 aromatic carbocycles. The largest absolute Gasteiger partial charge is 0.393 e. The van der Waals surface area contributed by atoms with Crippen molar-refractivity contribution in [1.29, 1.82) is 0 Å². The van der Waals surface area contributed by atoms with Crippen molar-refractivity contribution in [2.24, 2.45) is 5.73 Å². The third kappa shape index (κ3) is 6.23. The first-order chi connectivity index (χ1) is 4.45. The molecule has 0 radical (unpaired) electrons. The maximum Gasteiger partial charge on any atom is 0.200 e. The number of nitrogens with two attached hydrogens (primary N) is 1. The summed E-state index contributed by atoms with van der Waals surface area (Å²) in [4.78, 5) is 8.77. The quantitative estimate of drug-likeness (QED) is 0.497. The highest BCUT2D eigenvalue weighted by Gasteiger charge is 2.15. The summed E-state index contributed by atoms with van der Waals surface area (Å²) in [7, 11) is -3.06. The van der Waals surface area contributed by atoms with Crippen LogP contribution in [0, 0.1) is 0 Å². The van der Waals surface area contributed by atoms with Gasteiger partial charge in [0.05, 0.1) is 12.3 Å². The minimum Gasteiger partial charge on any atom is -0.393 e. The Labute approximate surface area is 60.5 Å². The second kappa shape index (κ2) is 4.09. The third-order valence-corrected chi connectivity index (χ3v) is 2.15. The summed E-state index contributed by atoms with van der Waals surface area (Å²) in [6.45, 7) is 1.58. The van der Waals surface area contributed by atoms with Crippen LogP contribution in [0.1, 0.15) is 6.42 Å². The minimum absolute atomic E-state index is 0.0514. The van der Waals surface area contributed by atoms with Gasteiger partial charge in [0.25, 0.3) is 0 Å². The zero-order valence-electron chi connectivity index (χ0n) is 6.03. The van der Waals surface area contributed by atoms with E-state index in [1.54, 1.807) is 0 Å². The number of aliphatic hydroxyl groups is 1. The Morgan fingerprint density at radius 3 is 2.50 bits per heavy atom. The van der Waals surface area contributed by atoms with E-state index in [1.165, 1.54) is 6.66 Å². The first kappa shape index (κ1) is 10.1. The molecule has 0 aromatic rings. The van der Waals surface area contributed by atoms with E-state index in [0.29, 0.717) is 13.0 Å². The van der Waals surface area contributed by atoms with Crippen LogP contribution in [0.2, 0.25) is 0 Å². The summed E-state index contributed by atoms with van der Waals surface area (Å²) in [5.74, 6) is 0. The van der Waals surface area contributed by atoms with Gasteiger partial charge >= 0.3 is 0 Å². The maximum atomic E-state index is 10.7. The molecule has 10 heavy (non-hydrogen) atoms. The van der Waals surface area contributed by atoms with Crippen LogP contribution >= 0.6 is 7.37 Å². The summed E-state index contributed by atoms with van der Waals surface area (Å²) in [6.07, 6.45) is -0.395. The molecule has 5 heteroatoms. The van der Waals surface area contributed by atoms with E-state index in [9.17, 15) is 4.57 Å². The van der Waals surface area contributed by atoms with Gasteiger partial charge in [0.2, 0.25) is 0 Å². The lowest BCUT2D eigenvalue weighted by molar-refractivity contribution is 0.187. The van der Waals surface area contributed by atoms with Gasteiger partial charge in [0.1, 0.15) is 0 Å². The van der Waals surface area contributed by atoms with E-state index >= 15 is 0 Å². The standard InChI is InChI=1S/C5H14NO3P/c1-10(8,9)4-5(7)2-3-6/h5,7H,2-4,6H2,1H3,(H,8,9). The molecule has 0 aliphatic carbocycles. The molecule has 0 aliphatic rings. The molecule has 2 unspecified atom stereocenters. The number of aliphatic hydroxyl groups excluding tert-OH is 1. The number of rotatable bonds is 4. The van der Waals surface area contributed by atoms with Gasteiger partial charge in [-0.15, -0.1) is 0 Å². The second-order valence-electron chi connectivity index (χ2n) is 2.46. The van der Waals surface area contributed by atoms with Crippen molar-refractivity contribution in [3.63, 3.8) is 0 Å². The van der Waals surface area contributed by atoms with Crippen LogP contribution in [0.25, 0.3) is 0 Å². The van der Waals surface area contributed by atoms with Crippen molar-refractivity contribution in [2.45, 2.75) is 12.5 Å². The average Bonchev–Trinajstić information content (AvgIpc) is 1.59. The molecule has 0 bridgehead atoms. The van der Waals surface area contributed by atoms with E-state index in [2.05, 4.69) is 0 Å². The van der Waals surface area contributed by atoms with Gasteiger partial charge in [-0.3, -0.25) is 4.57 Å². The molecule has 0 fully saturated rings. The Kier molecular flexibility index (Phi) is 4.13. The highest BCUT2D eigenvalue weighted by atomic mass is 31.2. The van der Waals surface area contributed by atoms with Crippen LogP contribution in [0.5, 0.6) is 0 Å². The predicted molar refractivity (Wildman–Crippen MR) is 40.3 cm³/mol. The average molecular weight is 167 g/mol. The van der Waals surface area contributed by atoms with Gasteiger partial charge in [-0.05, 0) is 13.0 Å². The van der Waals surface area contributed by atoms with E-state index in [4.69, 9.17) is 15.7 Å². The zero-order valence-corrected chi connectivity index (χ0v) is 6.92. The zero-order chi connectivity index (χ0) is 8.20. The number of hydrogen-bond donors (Lipinski definition) is 3. The Hall–Kier alpha value is 0.110. The van der Waals surface area contributed by atoms with E-state index in [-0.39, 0.29) is 6.16 Å². The van der Waals surface area contributed by atoms with Crippen LogP contribution in [0.3, 0.4) is 0 Å². The number of hydrogen-bond acceptors (Lipinski definition) is 3. The van der Waals surface area contributed by atoms with Gasteiger partial charge < -0.3 is 15.7 Å². The minimum atomic E-state index is -3.06. The summed E-state index contributed by atoms with van der Waals surface area (Å²) >= 11 is 0. The molecule has 0 spiro atoms. The van der Waals surface area contributed by atoms with E-state index in [1.807, 2.05) is 0 Å². The van der Waals surface area contributed by atoms with Crippen molar-refractivity contribution >= 4 is 7.37 Å². The topological polar surface area (TPSA) is 83.5 Å². The lowest BCUT2D eigenvalue weighted by atomic mass is 10.3. The smallest absolute Gasteiger partial charge is 0.200 e. The van der Waals surface area contributed by atoms with E-state index < -0.39 is 13.5 Å². The molecular weight excluding hydrogens is 153 g/mol. The fraction of sp³-hybridized carbons (Fsp3) is 1.00. The van der Waals surface area contributed by atoms with Crippen LogP contribution < -0.4 is 5.73 Å². The lowest BCUT2D eigenvalue weighted by Gasteiger charge is -2.10. The summed E-state index contributed by atoms with van der Waals surface area (Å²) in [5, 5.41) is 8.97. The Morgan fingerprint density at radius 1 is 1.70 bits per heavy atom. The van der Waals surface area contributed by atoms with Crippen molar-refractivity contribution in [2.75, 3.05) is 19.4 Å². The first-order valence-electron chi connectivity index (χ1n) is 3.13. The van der Waals surface area contributed by atoms with Gasteiger partial charge in [0, 0.05) is 6.66 Å². The molecule has 0 aromatic heterocycles. The molecule has 62 valence electrons. The molecule has 0 aliphatic heterocycles. The molecule has 0 saturated heterocycles. The molecule has 0 amide bonds. The molecule has 0 saturated carbocycles. The Morgan fingerprint density at radius 2 is 2.20 bits per heavy atom. The monoisotopic (exact) mass is 167 g/mol. The fourth-order valence-corrected chi connectivity index (χ4v) is 1.64. The van der Waals surface area contributed by atoms with Crippen molar-refractivity contribution in [3.05, 3.63) is 0 Å². The van der Waals surface area contributed by atoms with Gasteiger partial charge in [-0.1, -0.05) is 0 Å². The normalized spacial score (nSPS) is 20.0. The highest BCUT2D eigenvalue weighted by Crippen LogP contribution is 2.35. The maximum absolute atomic E-state index is 10.7. The van der Waals surface area contributed by atoms with Crippen LogP contribution in [-0.2, 0) is 4.57 Å². The van der Waals surface area contributed by atoms with Crippen molar-refractivity contribution < 1.29 is 14.6 Å². The Balaban J connectivity index is 3.58. The SMILES string of the molecule is CP(=O)(O)CC(O)CCN. The van der Waals surface area contributed by atoms with Crippen LogP contribution in [0.15, 0.2) is 0 Å². The first-order valence-corrected chi connectivity index (χ1v) is 5.42. The molecule has 0 heterocycles. The third-order valence-electron chi connectivity index (χ3n) is 1.05. The lowest BCUT2D eigenvalue weighted by Crippen LogP contribution is -2.17. The van der Waals surface area contributed by atoms with Crippen LogP contribution in [-0.4, -0.2) is 35.5 Å². The molecular formula is C5H14NO3P. The van der Waals surface area contributed by atoms with Crippen molar-refractivity contribution in [1.82, 2.24) is 0 Å². The molecule has 0 rings (SSSR count). The summed E-state index contributed by atoms with van der Waals surface area (Å²) < 4.78 is 10.7. The predicted octanol–water partition coefficient (Wildman–Crippen LogP) is -0.404. The molecule has 2 atom stereocenters. The van der Waals surface area contributed by atoms with Gasteiger partial charge in [0.15, 0.2) is 7.37 Å².